The number of benzene rings is 7. The van der Waals surface area contributed by atoms with Crippen molar-refractivity contribution in [3.8, 4) is 61.8 Å². The fraction of sp³-hybridized carbons (Fsp3) is 0. The van der Waals surface area contributed by atoms with Crippen LogP contribution in [0.4, 0.5) is 0 Å². The maximum atomic E-state index is 6.46. The minimum Gasteiger partial charge on any atom is -0.454 e. The third-order valence-corrected chi connectivity index (χ3v) is 10.7. The van der Waals surface area contributed by atoms with Crippen molar-refractivity contribution in [1.29, 1.82) is 0 Å². The number of nitrogens with zero attached hydrogens (tertiary/aromatic N) is 4. The Kier molecular flexibility index (Phi) is 7.42. The molecule has 56 heavy (non-hydrogen) atoms. The SMILES string of the molecule is c1ccc(-c2ccc(-c3nc(-c4ccccc4)cc(-c4cnc5c(c4)oc4ccc(-c6ccc7c(c6)c6ccccc6n7-c6ccccc6)cc45)n3)cc2)cc1. The Hall–Kier alpha value is -7.63. The van der Waals surface area contributed by atoms with E-state index < -0.39 is 0 Å². The van der Waals surface area contributed by atoms with Crippen LogP contribution in [0.2, 0.25) is 0 Å². The van der Waals surface area contributed by atoms with Gasteiger partial charge >= 0.3 is 0 Å². The monoisotopic (exact) mass is 716 g/mol. The molecule has 11 rings (SSSR count). The van der Waals surface area contributed by atoms with Crippen LogP contribution in [-0.4, -0.2) is 19.5 Å². The predicted molar refractivity (Wildman–Crippen MR) is 229 cm³/mol. The molecule has 0 spiro atoms. The van der Waals surface area contributed by atoms with Crippen molar-refractivity contribution in [3.63, 3.8) is 0 Å². The van der Waals surface area contributed by atoms with Crippen molar-refractivity contribution >= 4 is 43.9 Å². The second kappa shape index (κ2) is 13.0. The molecule has 5 nitrogen and oxygen atoms in total. The number of pyridine rings is 1. The molecule has 0 atom stereocenters. The van der Waals surface area contributed by atoms with Crippen LogP contribution in [-0.2, 0) is 0 Å². The van der Waals surface area contributed by atoms with E-state index in [1.54, 1.807) is 0 Å². The molecule has 0 unspecified atom stereocenters. The van der Waals surface area contributed by atoms with E-state index in [4.69, 9.17) is 19.4 Å². The summed E-state index contributed by atoms with van der Waals surface area (Å²) in [5, 5.41) is 3.42. The summed E-state index contributed by atoms with van der Waals surface area (Å²) in [5.41, 5.74) is 14.8. The first-order valence-electron chi connectivity index (χ1n) is 18.8. The lowest BCUT2D eigenvalue weighted by Crippen LogP contribution is -1.96. The summed E-state index contributed by atoms with van der Waals surface area (Å²) in [6, 6.07) is 65.4. The average Bonchev–Trinajstić information content (AvgIpc) is 3.82. The van der Waals surface area contributed by atoms with Gasteiger partial charge in [0.15, 0.2) is 11.4 Å². The van der Waals surface area contributed by atoms with E-state index in [9.17, 15) is 0 Å². The number of rotatable bonds is 6. The van der Waals surface area contributed by atoms with Crippen molar-refractivity contribution in [2.24, 2.45) is 0 Å². The molecule has 0 saturated heterocycles. The smallest absolute Gasteiger partial charge is 0.160 e. The van der Waals surface area contributed by atoms with Gasteiger partial charge in [0, 0.05) is 44.7 Å². The Labute approximate surface area is 322 Å². The highest BCUT2D eigenvalue weighted by atomic mass is 16.3. The van der Waals surface area contributed by atoms with Gasteiger partial charge in [0.05, 0.1) is 22.4 Å². The number of hydrogen-bond donors (Lipinski definition) is 0. The Morgan fingerprint density at radius 2 is 0.946 bits per heavy atom. The molecule has 0 saturated carbocycles. The number of aromatic nitrogens is 4. The van der Waals surface area contributed by atoms with Crippen LogP contribution in [0.25, 0.3) is 106 Å². The van der Waals surface area contributed by atoms with E-state index in [-0.39, 0.29) is 0 Å². The number of furan rings is 1. The third-order valence-electron chi connectivity index (χ3n) is 10.7. The quantitative estimate of drug-likeness (QED) is 0.172. The summed E-state index contributed by atoms with van der Waals surface area (Å²) in [6.07, 6.45) is 1.90. The molecule has 0 radical (unpaired) electrons. The summed E-state index contributed by atoms with van der Waals surface area (Å²) in [4.78, 5) is 15.1. The summed E-state index contributed by atoms with van der Waals surface area (Å²) < 4.78 is 8.80. The summed E-state index contributed by atoms with van der Waals surface area (Å²) >= 11 is 0. The molecular formula is C51H32N4O. The maximum absolute atomic E-state index is 6.46. The highest BCUT2D eigenvalue weighted by molar-refractivity contribution is 6.11. The molecule has 4 heterocycles. The van der Waals surface area contributed by atoms with E-state index in [0.29, 0.717) is 11.4 Å². The number of hydrogen-bond acceptors (Lipinski definition) is 4. The van der Waals surface area contributed by atoms with Gasteiger partial charge in [0.1, 0.15) is 11.1 Å². The van der Waals surface area contributed by atoms with Gasteiger partial charge in [0.25, 0.3) is 0 Å². The van der Waals surface area contributed by atoms with Crippen LogP contribution in [0.5, 0.6) is 0 Å². The highest BCUT2D eigenvalue weighted by Crippen LogP contribution is 2.38. The predicted octanol–water partition coefficient (Wildman–Crippen LogP) is 13.2. The molecule has 0 aliphatic rings. The molecule has 0 aliphatic heterocycles. The van der Waals surface area contributed by atoms with Gasteiger partial charge in [-0.05, 0) is 76.9 Å². The Morgan fingerprint density at radius 1 is 0.375 bits per heavy atom. The largest absolute Gasteiger partial charge is 0.454 e. The van der Waals surface area contributed by atoms with E-state index in [1.165, 1.54) is 27.4 Å². The number of para-hydroxylation sites is 2. The summed E-state index contributed by atoms with van der Waals surface area (Å²) in [7, 11) is 0. The van der Waals surface area contributed by atoms with E-state index in [0.717, 1.165) is 66.9 Å². The highest BCUT2D eigenvalue weighted by Gasteiger charge is 2.17. The normalized spacial score (nSPS) is 11.6. The van der Waals surface area contributed by atoms with Gasteiger partial charge in [-0.3, -0.25) is 4.98 Å². The van der Waals surface area contributed by atoms with Gasteiger partial charge in [-0.25, -0.2) is 9.97 Å². The van der Waals surface area contributed by atoms with Gasteiger partial charge in [-0.15, -0.1) is 0 Å². The zero-order valence-corrected chi connectivity index (χ0v) is 30.2. The van der Waals surface area contributed by atoms with E-state index in [1.807, 2.05) is 42.6 Å². The standard InChI is InChI=1S/C51H32N4O/c1-4-12-33(13-5-1)34-20-22-36(23-21-34)51-53-44(35-14-6-2-7-15-35)31-45(54-51)39-30-49-50(52-32-39)43-29-38(25-27-48(43)56-49)37-24-26-47-42(28-37)41-18-10-11-19-46(41)55(47)40-16-8-3-9-17-40/h1-32H. The molecule has 7 aromatic carbocycles. The summed E-state index contributed by atoms with van der Waals surface area (Å²) in [5.74, 6) is 0.652. The number of fused-ring (bicyclic) bond motifs is 6. The van der Waals surface area contributed by atoms with E-state index in [2.05, 4.69) is 156 Å². The third kappa shape index (κ3) is 5.45. The van der Waals surface area contributed by atoms with Gasteiger partial charge in [-0.2, -0.15) is 0 Å². The minimum absolute atomic E-state index is 0.652. The molecule has 262 valence electrons. The van der Waals surface area contributed by atoms with Crippen LogP contribution in [0.1, 0.15) is 0 Å². The van der Waals surface area contributed by atoms with Crippen LogP contribution >= 0.6 is 0 Å². The molecule has 4 aromatic heterocycles. The Balaban J connectivity index is 0.988. The van der Waals surface area contributed by atoms with Gasteiger partial charge in [0.2, 0.25) is 0 Å². The van der Waals surface area contributed by atoms with Crippen molar-refractivity contribution in [3.05, 3.63) is 194 Å². The zero-order chi connectivity index (χ0) is 37.0. The molecule has 5 heteroatoms. The van der Waals surface area contributed by atoms with E-state index >= 15 is 0 Å². The van der Waals surface area contributed by atoms with Crippen LogP contribution < -0.4 is 0 Å². The first kappa shape index (κ1) is 31.9. The topological polar surface area (TPSA) is 56.7 Å². The molecular weight excluding hydrogens is 685 g/mol. The van der Waals surface area contributed by atoms with Crippen molar-refractivity contribution < 1.29 is 4.42 Å². The van der Waals surface area contributed by atoms with Crippen molar-refractivity contribution in [1.82, 2.24) is 19.5 Å². The molecule has 11 aromatic rings. The second-order valence-electron chi connectivity index (χ2n) is 14.1. The fourth-order valence-electron chi connectivity index (χ4n) is 7.90. The van der Waals surface area contributed by atoms with Crippen LogP contribution in [0, 0.1) is 0 Å². The van der Waals surface area contributed by atoms with Crippen molar-refractivity contribution in [2.45, 2.75) is 0 Å². The van der Waals surface area contributed by atoms with Crippen LogP contribution in [0.3, 0.4) is 0 Å². The van der Waals surface area contributed by atoms with Gasteiger partial charge < -0.3 is 8.98 Å². The molecule has 0 fully saturated rings. The Bertz CT molecular complexity index is 3220. The fourth-order valence-corrected chi connectivity index (χ4v) is 7.90. The van der Waals surface area contributed by atoms with Crippen molar-refractivity contribution in [2.75, 3.05) is 0 Å². The van der Waals surface area contributed by atoms with Crippen LogP contribution in [0.15, 0.2) is 199 Å². The second-order valence-corrected chi connectivity index (χ2v) is 14.1. The minimum atomic E-state index is 0.652. The lowest BCUT2D eigenvalue weighted by molar-refractivity contribution is 0.668. The molecule has 0 N–H and O–H groups in total. The average molecular weight is 717 g/mol. The summed E-state index contributed by atoms with van der Waals surface area (Å²) in [6.45, 7) is 0. The molecule has 0 amide bonds. The first-order valence-corrected chi connectivity index (χ1v) is 18.8. The zero-order valence-electron chi connectivity index (χ0n) is 30.2. The first-order chi connectivity index (χ1) is 27.7. The molecule has 0 bridgehead atoms. The molecule has 0 aliphatic carbocycles. The lowest BCUT2D eigenvalue weighted by atomic mass is 10.0. The lowest BCUT2D eigenvalue weighted by Gasteiger charge is -2.10. The maximum Gasteiger partial charge on any atom is 0.160 e. The Morgan fingerprint density at radius 3 is 1.71 bits per heavy atom. The van der Waals surface area contributed by atoms with Gasteiger partial charge in [-0.1, -0.05) is 133 Å².